The van der Waals surface area contributed by atoms with E-state index < -0.39 is 0 Å². The Morgan fingerprint density at radius 3 is 3.15 bits per heavy atom. The molecule has 0 spiro atoms. The molecular formula is C16H21N3S. The van der Waals surface area contributed by atoms with Crippen molar-refractivity contribution in [1.82, 2.24) is 10.3 Å². The summed E-state index contributed by atoms with van der Waals surface area (Å²) < 4.78 is 0. The van der Waals surface area contributed by atoms with Crippen LogP contribution in [0, 0.1) is 12.8 Å². The van der Waals surface area contributed by atoms with Crippen molar-refractivity contribution in [3.05, 3.63) is 34.7 Å². The standard InChI is InChI=1S/C16H21N3S/c1-12-19-16(11-20-12)14-5-2-6-15(8-14)18-10-13-4-3-7-17-9-13/h2,5-6,8,11,13,17-18H,3-4,7,9-10H2,1H3. The summed E-state index contributed by atoms with van der Waals surface area (Å²) in [7, 11) is 0. The molecule has 20 heavy (non-hydrogen) atoms. The minimum atomic E-state index is 0.744. The van der Waals surface area contributed by atoms with Gasteiger partial charge in [0, 0.05) is 23.2 Å². The molecule has 2 aromatic rings. The first-order chi connectivity index (χ1) is 9.81. The van der Waals surface area contributed by atoms with Gasteiger partial charge in [0.1, 0.15) is 0 Å². The van der Waals surface area contributed by atoms with Crippen LogP contribution in [0.2, 0.25) is 0 Å². The van der Waals surface area contributed by atoms with E-state index in [4.69, 9.17) is 0 Å². The normalized spacial score (nSPS) is 18.9. The van der Waals surface area contributed by atoms with E-state index in [1.54, 1.807) is 11.3 Å². The van der Waals surface area contributed by atoms with Gasteiger partial charge in [0.25, 0.3) is 0 Å². The second-order valence-electron chi connectivity index (χ2n) is 5.43. The van der Waals surface area contributed by atoms with Crippen LogP contribution >= 0.6 is 11.3 Å². The summed E-state index contributed by atoms with van der Waals surface area (Å²) in [6.07, 6.45) is 2.62. The lowest BCUT2D eigenvalue weighted by atomic mass is 9.99. The smallest absolute Gasteiger partial charge is 0.0901 e. The van der Waals surface area contributed by atoms with Crippen LogP contribution in [0.3, 0.4) is 0 Å². The average Bonchev–Trinajstić information content (AvgIpc) is 2.93. The minimum Gasteiger partial charge on any atom is -0.385 e. The highest BCUT2D eigenvalue weighted by Gasteiger charge is 2.12. The van der Waals surface area contributed by atoms with Crippen LogP contribution in [0.4, 0.5) is 5.69 Å². The summed E-state index contributed by atoms with van der Waals surface area (Å²) in [6, 6.07) is 8.57. The quantitative estimate of drug-likeness (QED) is 0.903. The topological polar surface area (TPSA) is 37.0 Å². The predicted octanol–water partition coefficient (Wildman–Crippen LogP) is 3.53. The fourth-order valence-corrected chi connectivity index (χ4v) is 3.27. The zero-order valence-electron chi connectivity index (χ0n) is 11.9. The van der Waals surface area contributed by atoms with Crippen molar-refractivity contribution >= 4 is 17.0 Å². The molecule has 4 heteroatoms. The maximum Gasteiger partial charge on any atom is 0.0901 e. The number of nitrogens with one attached hydrogen (secondary N) is 2. The number of nitrogens with zero attached hydrogens (tertiary/aromatic N) is 1. The number of piperidine rings is 1. The Bertz CT molecular complexity index is 558. The van der Waals surface area contributed by atoms with E-state index in [1.807, 2.05) is 6.92 Å². The van der Waals surface area contributed by atoms with E-state index in [9.17, 15) is 0 Å². The van der Waals surface area contributed by atoms with Gasteiger partial charge in [-0.2, -0.15) is 0 Å². The van der Waals surface area contributed by atoms with Crippen LogP contribution < -0.4 is 10.6 Å². The Labute approximate surface area is 124 Å². The van der Waals surface area contributed by atoms with Gasteiger partial charge in [0.2, 0.25) is 0 Å². The summed E-state index contributed by atoms with van der Waals surface area (Å²) in [4.78, 5) is 4.55. The molecule has 0 aliphatic carbocycles. The molecule has 2 heterocycles. The zero-order chi connectivity index (χ0) is 13.8. The second kappa shape index (κ2) is 6.37. The third kappa shape index (κ3) is 3.38. The minimum absolute atomic E-state index is 0.744. The lowest BCUT2D eigenvalue weighted by Gasteiger charge is -2.23. The van der Waals surface area contributed by atoms with Crippen LogP contribution in [-0.2, 0) is 0 Å². The largest absolute Gasteiger partial charge is 0.385 e. The maximum atomic E-state index is 4.55. The molecular weight excluding hydrogens is 266 g/mol. The first-order valence-corrected chi connectivity index (χ1v) is 8.16. The number of thiazole rings is 1. The number of aryl methyl sites for hydroxylation is 1. The fraction of sp³-hybridized carbons (Fsp3) is 0.438. The predicted molar refractivity (Wildman–Crippen MR) is 86.4 cm³/mol. The van der Waals surface area contributed by atoms with Gasteiger partial charge in [-0.25, -0.2) is 4.98 Å². The Balaban J connectivity index is 1.65. The number of hydrogen-bond donors (Lipinski definition) is 2. The molecule has 106 valence electrons. The first-order valence-electron chi connectivity index (χ1n) is 7.28. The van der Waals surface area contributed by atoms with Gasteiger partial charge < -0.3 is 10.6 Å². The van der Waals surface area contributed by atoms with Gasteiger partial charge in [0.15, 0.2) is 0 Å². The fourth-order valence-electron chi connectivity index (χ4n) is 2.64. The summed E-state index contributed by atoms with van der Waals surface area (Å²) in [5.41, 5.74) is 3.47. The molecule has 1 aliphatic rings. The van der Waals surface area contributed by atoms with Crippen molar-refractivity contribution in [3.8, 4) is 11.3 Å². The maximum absolute atomic E-state index is 4.55. The van der Waals surface area contributed by atoms with Crippen LogP contribution in [0.1, 0.15) is 17.8 Å². The number of aromatic nitrogens is 1. The highest BCUT2D eigenvalue weighted by atomic mass is 32.1. The molecule has 1 aliphatic heterocycles. The van der Waals surface area contributed by atoms with Gasteiger partial charge in [-0.1, -0.05) is 12.1 Å². The Morgan fingerprint density at radius 2 is 2.40 bits per heavy atom. The van der Waals surface area contributed by atoms with Crippen molar-refractivity contribution < 1.29 is 0 Å². The first kappa shape index (κ1) is 13.6. The van der Waals surface area contributed by atoms with Gasteiger partial charge in [-0.3, -0.25) is 0 Å². The van der Waals surface area contributed by atoms with Crippen molar-refractivity contribution in [3.63, 3.8) is 0 Å². The lowest BCUT2D eigenvalue weighted by molar-refractivity contribution is 0.393. The number of rotatable bonds is 4. The number of hydrogen-bond acceptors (Lipinski definition) is 4. The molecule has 0 radical (unpaired) electrons. The van der Waals surface area contributed by atoms with Crippen LogP contribution in [0.25, 0.3) is 11.3 Å². The summed E-state index contributed by atoms with van der Waals surface area (Å²) in [5, 5.41) is 10.3. The van der Waals surface area contributed by atoms with Gasteiger partial charge in [-0.05, 0) is 50.9 Å². The highest BCUT2D eigenvalue weighted by molar-refractivity contribution is 7.09. The van der Waals surface area contributed by atoms with Crippen molar-refractivity contribution in [2.75, 3.05) is 25.0 Å². The van der Waals surface area contributed by atoms with Crippen molar-refractivity contribution in [2.24, 2.45) is 5.92 Å². The molecule has 3 nitrogen and oxygen atoms in total. The van der Waals surface area contributed by atoms with E-state index in [1.165, 1.54) is 30.6 Å². The molecule has 1 aromatic carbocycles. The summed E-state index contributed by atoms with van der Waals surface area (Å²) in [5.74, 6) is 0.744. The van der Waals surface area contributed by atoms with Crippen LogP contribution in [0.15, 0.2) is 29.6 Å². The third-order valence-corrected chi connectivity index (χ3v) is 4.54. The van der Waals surface area contributed by atoms with E-state index in [2.05, 4.69) is 45.3 Å². The molecule has 0 saturated carbocycles. The molecule has 1 saturated heterocycles. The van der Waals surface area contributed by atoms with Gasteiger partial charge in [-0.15, -0.1) is 11.3 Å². The lowest BCUT2D eigenvalue weighted by Crippen LogP contribution is -2.33. The number of benzene rings is 1. The van der Waals surface area contributed by atoms with E-state index in [0.717, 1.165) is 29.7 Å². The number of anilines is 1. The summed E-state index contributed by atoms with van der Waals surface area (Å²) >= 11 is 1.70. The van der Waals surface area contributed by atoms with Crippen LogP contribution in [-0.4, -0.2) is 24.6 Å². The van der Waals surface area contributed by atoms with Crippen LogP contribution in [0.5, 0.6) is 0 Å². The van der Waals surface area contributed by atoms with Crippen molar-refractivity contribution in [1.29, 1.82) is 0 Å². The highest BCUT2D eigenvalue weighted by Crippen LogP contribution is 2.24. The molecule has 1 fully saturated rings. The Kier molecular flexibility index (Phi) is 4.33. The third-order valence-electron chi connectivity index (χ3n) is 3.77. The SMILES string of the molecule is Cc1nc(-c2cccc(NCC3CCCNC3)c2)cs1. The molecule has 3 rings (SSSR count). The molecule has 1 aromatic heterocycles. The van der Waals surface area contributed by atoms with E-state index in [0.29, 0.717) is 0 Å². The molecule has 2 N–H and O–H groups in total. The molecule has 0 bridgehead atoms. The molecule has 0 amide bonds. The van der Waals surface area contributed by atoms with E-state index >= 15 is 0 Å². The Morgan fingerprint density at radius 1 is 1.45 bits per heavy atom. The second-order valence-corrected chi connectivity index (χ2v) is 6.49. The Hall–Kier alpha value is -1.39. The monoisotopic (exact) mass is 287 g/mol. The average molecular weight is 287 g/mol. The zero-order valence-corrected chi connectivity index (χ0v) is 12.7. The summed E-state index contributed by atoms with van der Waals surface area (Å²) in [6.45, 7) is 5.41. The van der Waals surface area contributed by atoms with Gasteiger partial charge in [0.05, 0.1) is 10.7 Å². The van der Waals surface area contributed by atoms with E-state index in [-0.39, 0.29) is 0 Å². The van der Waals surface area contributed by atoms with Gasteiger partial charge >= 0.3 is 0 Å². The molecule has 1 unspecified atom stereocenters. The molecule has 1 atom stereocenters. The van der Waals surface area contributed by atoms with Crippen molar-refractivity contribution in [2.45, 2.75) is 19.8 Å².